The Bertz CT molecular complexity index is 1310. The van der Waals surface area contributed by atoms with Crippen molar-refractivity contribution >= 4 is 32.9 Å². The number of carbonyl (C=O) groups is 1. The van der Waals surface area contributed by atoms with Crippen LogP contribution in [-0.2, 0) is 13.1 Å². The molecule has 0 atom stereocenters. The molecule has 0 saturated heterocycles. The van der Waals surface area contributed by atoms with Crippen molar-refractivity contribution in [2.24, 2.45) is 0 Å². The molecule has 0 aliphatic carbocycles. The van der Waals surface area contributed by atoms with Crippen molar-refractivity contribution in [1.82, 2.24) is 24.6 Å². The number of ether oxygens (including phenoxy) is 1. The van der Waals surface area contributed by atoms with Gasteiger partial charge in [-0.15, -0.1) is 0 Å². The lowest BCUT2D eigenvalue weighted by Gasteiger charge is -2.09. The van der Waals surface area contributed by atoms with Crippen LogP contribution in [0.25, 0.3) is 11.0 Å². The molecule has 0 saturated carbocycles. The van der Waals surface area contributed by atoms with Crippen LogP contribution in [0.2, 0.25) is 0 Å². The highest BCUT2D eigenvalue weighted by atomic mass is 79.9. The summed E-state index contributed by atoms with van der Waals surface area (Å²) in [5, 5.41) is 7.63. The number of nitrogens with one attached hydrogen (secondary N) is 1. The topological polar surface area (TPSA) is 91.0 Å². The molecule has 1 amide bonds. The molecule has 2 aromatic heterocycles. The number of hydrogen-bond acceptors (Lipinski definition) is 5. The molecule has 34 heavy (non-hydrogen) atoms. The van der Waals surface area contributed by atoms with E-state index >= 15 is 0 Å². The van der Waals surface area contributed by atoms with E-state index in [9.17, 15) is 9.59 Å². The Hall–Kier alpha value is -3.46. The number of halogens is 1. The van der Waals surface area contributed by atoms with Crippen molar-refractivity contribution in [3.05, 3.63) is 87.0 Å². The van der Waals surface area contributed by atoms with Crippen molar-refractivity contribution < 1.29 is 9.53 Å². The third kappa shape index (κ3) is 5.72. The standard InChI is InChI=1S/C25H26BrN5O3/c1-2-3-14-34-21-10-6-19(7-11-21)24(32)27-12-13-31-23-22(15-29-31)25(33)30(17-28-23)16-18-4-8-20(26)9-5-18/h4-11,15,17H,2-3,12-14,16H2,1H3,(H,27,32). The third-order valence-electron chi connectivity index (χ3n) is 5.38. The minimum Gasteiger partial charge on any atom is -0.494 e. The Kier molecular flexibility index (Phi) is 7.74. The number of amides is 1. The van der Waals surface area contributed by atoms with Crippen LogP contribution in [0.3, 0.4) is 0 Å². The van der Waals surface area contributed by atoms with E-state index in [0.29, 0.717) is 42.8 Å². The van der Waals surface area contributed by atoms with E-state index in [1.807, 2.05) is 24.3 Å². The van der Waals surface area contributed by atoms with Crippen molar-refractivity contribution in [2.45, 2.75) is 32.9 Å². The second-order valence-corrected chi connectivity index (χ2v) is 8.81. The Morgan fingerprint density at radius 1 is 1.12 bits per heavy atom. The van der Waals surface area contributed by atoms with Gasteiger partial charge in [0.1, 0.15) is 17.5 Å². The van der Waals surface area contributed by atoms with Crippen LogP contribution in [0.4, 0.5) is 0 Å². The maximum absolute atomic E-state index is 12.9. The first-order valence-corrected chi connectivity index (χ1v) is 12.0. The van der Waals surface area contributed by atoms with E-state index in [2.05, 4.69) is 38.3 Å². The maximum atomic E-state index is 12.9. The van der Waals surface area contributed by atoms with Gasteiger partial charge in [0.15, 0.2) is 5.65 Å². The van der Waals surface area contributed by atoms with E-state index < -0.39 is 0 Å². The highest BCUT2D eigenvalue weighted by Gasteiger charge is 2.11. The fourth-order valence-corrected chi connectivity index (χ4v) is 3.74. The van der Waals surface area contributed by atoms with Crippen LogP contribution in [0.1, 0.15) is 35.7 Å². The molecule has 0 radical (unpaired) electrons. The number of aromatic nitrogens is 4. The van der Waals surface area contributed by atoms with Gasteiger partial charge in [-0.3, -0.25) is 14.2 Å². The fraction of sp³-hybridized carbons (Fsp3) is 0.280. The van der Waals surface area contributed by atoms with E-state index in [0.717, 1.165) is 28.6 Å². The highest BCUT2D eigenvalue weighted by molar-refractivity contribution is 9.10. The molecule has 0 spiro atoms. The zero-order valence-corrected chi connectivity index (χ0v) is 20.5. The number of unbranched alkanes of at least 4 members (excludes halogenated alkanes) is 1. The molecule has 0 aliphatic heterocycles. The summed E-state index contributed by atoms with van der Waals surface area (Å²) in [5.74, 6) is 0.575. The molecule has 0 unspecified atom stereocenters. The average molecular weight is 524 g/mol. The SMILES string of the molecule is CCCCOc1ccc(C(=O)NCCn2ncc3c(=O)n(Cc4ccc(Br)cc4)cnc32)cc1. The lowest BCUT2D eigenvalue weighted by Crippen LogP contribution is -2.27. The Balaban J connectivity index is 1.35. The molecule has 9 heteroatoms. The zero-order valence-electron chi connectivity index (χ0n) is 18.9. The van der Waals surface area contributed by atoms with Crippen LogP contribution in [0.5, 0.6) is 5.75 Å². The van der Waals surface area contributed by atoms with E-state index in [1.165, 1.54) is 12.5 Å². The van der Waals surface area contributed by atoms with Crippen molar-refractivity contribution in [2.75, 3.05) is 13.2 Å². The van der Waals surface area contributed by atoms with Crippen molar-refractivity contribution in [3.63, 3.8) is 0 Å². The van der Waals surface area contributed by atoms with Gasteiger partial charge in [0.05, 0.1) is 25.9 Å². The smallest absolute Gasteiger partial charge is 0.264 e. The Morgan fingerprint density at radius 3 is 2.62 bits per heavy atom. The summed E-state index contributed by atoms with van der Waals surface area (Å²) < 4.78 is 9.81. The summed E-state index contributed by atoms with van der Waals surface area (Å²) in [6.45, 7) is 3.96. The summed E-state index contributed by atoms with van der Waals surface area (Å²) >= 11 is 3.41. The third-order valence-corrected chi connectivity index (χ3v) is 5.91. The van der Waals surface area contributed by atoms with Gasteiger partial charge in [0.25, 0.3) is 11.5 Å². The van der Waals surface area contributed by atoms with E-state index in [-0.39, 0.29) is 11.5 Å². The second-order valence-electron chi connectivity index (χ2n) is 7.89. The van der Waals surface area contributed by atoms with Crippen LogP contribution >= 0.6 is 15.9 Å². The number of fused-ring (bicyclic) bond motifs is 1. The van der Waals surface area contributed by atoms with E-state index in [1.54, 1.807) is 33.5 Å². The summed E-state index contributed by atoms with van der Waals surface area (Å²) in [6.07, 6.45) is 5.14. The van der Waals surface area contributed by atoms with Crippen molar-refractivity contribution in [1.29, 1.82) is 0 Å². The molecule has 4 rings (SSSR count). The van der Waals surface area contributed by atoms with Gasteiger partial charge >= 0.3 is 0 Å². The summed E-state index contributed by atoms with van der Waals surface area (Å²) in [6, 6.07) is 14.9. The second kappa shape index (κ2) is 11.1. The van der Waals surface area contributed by atoms with Crippen LogP contribution in [0.15, 0.2) is 70.3 Å². The highest BCUT2D eigenvalue weighted by Crippen LogP contribution is 2.13. The number of carbonyl (C=O) groups excluding carboxylic acids is 1. The molecule has 0 fully saturated rings. The molecule has 1 N–H and O–H groups in total. The molecule has 176 valence electrons. The lowest BCUT2D eigenvalue weighted by atomic mass is 10.2. The maximum Gasteiger partial charge on any atom is 0.264 e. The van der Waals surface area contributed by atoms with E-state index in [4.69, 9.17) is 4.74 Å². The minimum absolute atomic E-state index is 0.149. The number of nitrogens with zero attached hydrogens (tertiary/aromatic N) is 4. The van der Waals surface area contributed by atoms with Gasteiger partial charge in [0, 0.05) is 16.6 Å². The van der Waals surface area contributed by atoms with Gasteiger partial charge in [-0.05, 0) is 48.4 Å². The largest absolute Gasteiger partial charge is 0.494 e. The summed E-state index contributed by atoms with van der Waals surface area (Å²) in [5.41, 5.74) is 1.91. The number of rotatable bonds is 10. The number of benzene rings is 2. The molecule has 0 aliphatic rings. The van der Waals surface area contributed by atoms with Gasteiger partial charge in [-0.2, -0.15) is 5.10 Å². The van der Waals surface area contributed by atoms with Crippen LogP contribution in [0, 0.1) is 0 Å². The molecule has 2 aromatic carbocycles. The Morgan fingerprint density at radius 2 is 1.88 bits per heavy atom. The quantitative estimate of drug-likeness (QED) is 0.317. The predicted molar refractivity (Wildman–Crippen MR) is 134 cm³/mol. The molecule has 2 heterocycles. The van der Waals surface area contributed by atoms with Gasteiger partial charge in [0.2, 0.25) is 0 Å². The number of hydrogen-bond donors (Lipinski definition) is 1. The van der Waals surface area contributed by atoms with Crippen LogP contribution in [-0.4, -0.2) is 38.4 Å². The summed E-state index contributed by atoms with van der Waals surface area (Å²) in [7, 11) is 0. The average Bonchev–Trinajstić information content (AvgIpc) is 3.26. The first kappa shape index (κ1) is 23.7. The molecule has 8 nitrogen and oxygen atoms in total. The normalized spacial score (nSPS) is 11.0. The van der Waals surface area contributed by atoms with Gasteiger partial charge < -0.3 is 10.1 Å². The zero-order chi connectivity index (χ0) is 23.9. The molecular weight excluding hydrogens is 498 g/mol. The predicted octanol–water partition coefficient (Wildman–Crippen LogP) is 4.01. The van der Waals surface area contributed by atoms with Crippen LogP contribution < -0.4 is 15.6 Å². The lowest BCUT2D eigenvalue weighted by molar-refractivity contribution is 0.0952. The Labute approximate surface area is 205 Å². The first-order chi connectivity index (χ1) is 16.5. The molecule has 0 bridgehead atoms. The molecular formula is C25H26BrN5O3. The van der Waals surface area contributed by atoms with Gasteiger partial charge in [-0.25, -0.2) is 9.67 Å². The summed E-state index contributed by atoms with van der Waals surface area (Å²) in [4.78, 5) is 29.8. The van der Waals surface area contributed by atoms with Gasteiger partial charge in [-0.1, -0.05) is 41.4 Å². The monoisotopic (exact) mass is 523 g/mol. The van der Waals surface area contributed by atoms with Crippen molar-refractivity contribution in [3.8, 4) is 5.75 Å². The first-order valence-electron chi connectivity index (χ1n) is 11.2. The molecule has 4 aromatic rings. The minimum atomic E-state index is -0.179. The fourth-order valence-electron chi connectivity index (χ4n) is 3.47.